The molecule has 0 bridgehead atoms. The van der Waals surface area contributed by atoms with Crippen molar-refractivity contribution in [2.75, 3.05) is 13.1 Å². The van der Waals surface area contributed by atoms with Gasteiger partial charge in [-0.05, 0) is 26.7 Å². The van der Waals surface area contributed by atoms with Crippen molar-refractivity contribution in [3.8, 4) is 0 Å². The fraction of sp³-hybridized carbons (Fsp3) is 0.833. The molecule has 4 N–H and O–H groups in total. The molecule has 0 aliphatic carbocycles. The van der Waals surface area contributed by atoms with Gasteiger partial charge in [-0.25, -0.2) is 0 Å². The number of hydrogen-bond acceptors (Lipinski definition) is 3. The number of rotatable bonds is 8. The minimum absolute atomic E-state index is 0.0598. The van der Waals surface area contributed by atoms with E-state index in [1.807, 2.05) is 20.8 Å². The lowest BCUT2D eigenvalue weighted by molar-refractivity contribution is -0.128. The van der Waals surface area contributed by atoms with E-state index in [0.29, 0.717) is 6.54 Å². The van der Waals surface area contributed by atoms with Crippen molar-refractivity contribution in [1.29, 1.82) is 0 Å². The summed E-state index contributed by atoms with van der Waals surface area (Å²) in [5, 5.41) is 5.25. The summed E-state index contributed by atoms with van der Waals surface area (Å²) in [7, 11) is 0. The fourth-order valence-electron chi connectivity index (χ4n) is 1.48. The topological polar surface area (TPSA) is 84.2 Å². The third kappa shape index (κ3) is 8.68. The smallest absolute Gasteiger partial charge is 0.239 e. The van der Waals surface area contributed by atoms with Gasteiger partial charge < -0.3 is 16.4 Å². The Hall–Kier alpha value is -1.10. The number of hydrogen-bond donors (Lipinski definition) is 3. The molecule has 0 rings (SSSR count). The third-order valence-corrected chi connectivity index (χ3v) is 2.54. The predicted molar refractivity (Wildman–Crippen MR) is 68.4 cm³/mol. The van der Waals surface area contributed by atoms with Gasteiger partial charge in [-0.2, -0.15) is 0 Å². The summed E-state index contributed by atoms with van der Waals surface area (Å²) >= 11 is 0. The number of nitrogens with two attached hydrogens (primary N) is 1. The zero-order valence-electron chi connectivity index (χ0n) is 11.1. The number of nitrogens with one attached hydrogen (secondary N) is 2. The summed E-state index contributed by atoms with van der Waals surface area (Å²) in [6.45, 7) is 6.31. The maximum Gasteiger partial charge on any atom is 0.239 e. The van der Waals surface area contributed by atoms with Gasteiger partial charge >= 0.3 is 0 Å². The summed E-state index contributed by atoms with van der Waals surface area (Å²) in [6.07, 6.45) is 2.67. The molecule has 2 atom stereocenters. The van der Waals surface area contributed by atoms with Crippen LogP contribution in [0, 0.1) is 5.92 Å². The Bertz CT molecular complexity index is 242. The summed E-state index contributed by atoms with van der Waals surface area (Å²) in [4.78, 5) is 22.7. The molecule has 5 nitrogen and oxygen atoms in total. The summed E-state index contributed by atoms with van der Waals surface area (Å²) < 4.78 is 0. The monoisotopic (exact) mass is 243 g/mol. The van der Waals surface area contributed by atoms with E-state index in [2.05, 4.69) is 10.6 Å². The van der Waals surface area contributed by atoms with Crippen LogP contribution in [0.1, 0.15) is 40.0 Å². The second-order valence-electron chi connectivity index (χ2n) is 4.48. The van der Waals surface area contributed by atoms with Crippen molar-refractivity contribution in [2.45, 2.75) is 46.1 Å². The van der Waals surface area contributed by atoms with E-state index in [0.717, 1.165) is 19.3 Å². The lowest BCUT2D eigenvalue weighted by atomic mass is 10.0. The molecule has 0 aliphatic heterocycles. The second-order valence-corrected chi connectivity index (χ2v) is 4.48. The summed E-state index contributed by atoms with van der Waals surface area (Å²) in [5.74, 6) is -0.285. The quantitative estimate of drug-likeness (QED) is 0.576. The van der Waals surface area contributed by atoms with Crippen molar-refractivity contribution in [1.82, 2.24) is 10.6 Å². The molecule has 0 aliphatic rings. The van der Waals surface area contributed by atoms with Crippen LogP contribution in [-0.2, 0) is 9.59 Å². The first kappa shape index (κ1) is 15.9. The molecule has 0 fully saturated rings. The predicted octanol–water partition coefficient (Wildman–Crippen LogP) is 0.392. The molecular formula is C12H25N3O2. The zero-order valence-corrected chi connectivity index (χ0v) is 11.1. The van der Waals surface area contributed by atoms with Crippen LogP contribution in [0.2, 0.25) is 0 Å². The Morgan fingerprint density at radius 2 is 1.82 bits per heavy atom. The van der Waals surface area contributed by atoms with Crippen LogP contribution < -0.4 is 16.4 Å². The maximum absolute atomic E-state index is 11.6. The molecular weight excluding hydrogens is 218 g/mol. The first-order valence-corrected chi connectivity index (χ1v) is 6.27. The van der Waals surface area contributed by atoms with Crippen molar-refractivity contribution in [3.63, 3.8) is 0 Å². The lowest BCUT2D eigenvalue weighted by Crippen LogP contribution is -2.39. The first-order valence-electron chi connectivity index (χ1n) is 6.27. The second kappa shape index (κ2) is 8.98. The molecule has 0 saturated carbocycles. The van der Waals surface area contributed by atoms with Crippen LogP contribution in [0.4, 0.5) is 0 Å². The van der Waals surface area contributed by atoms with Gasteiger partial charge in [0.1, 0.15) is 0 Å². The number of amides is 2. The van der Waals surface area contributed by atoms with Gasteiger partial charge in [0.2, 0.25) is 11.8 Å². The van der Waals surface area contributed by atoms with Gasteiger partial charge in [0, 0.05) is 18.5 Å². The van der Waals surface area contributed by atoms with Crippen molar-refractivity contribution >= 4 is 11.8 Å². The van der Waals surface area contributed by atoms with Gasteiger partial charge in [0.25, 0.3) is 0 Å². The molecule has 17 heavy (non-hydrogen) atoms. The number of likely N-dealkylation sites (N-methyl/N-ethyl adjacent to an activating group) is 1. The minimum Gasteiger partial charge on any atom is -0.355 e. The van der Waals surface area contributed by atoms with Gasteiger partial charge in [-0.3, -0.25) is 9.59 Å². The average molecular weight is 243 g/mol. The van der Waals surface area contributed by atoms with Crippen LogP contribution in [0.25, 0.3) is 0 Å². The number of carbonyl (C=O) groups excluding carboxylic acids is 2. The van der Waals surface area contributed by atoms with Crippen LogP contribution in [-0.4, -0.2) is 30.9 Å². The van der Waals surface area contributed by atoms with Gasteiger partial charge in [0.05, 0.1) is 6.54 Å². The van der Waals surface area contributed by atoms with Crippen LogP contribution in [0.5, 0.6) is 0 Å². The highest BCUT2D eigenvalue weighted by molar-refractivity contribution is 5.85. The highest BCUT2D eigenvalue weighted by Crippen LogP contribution is 2.08. The molecule has 0 radical (unpaired) electrons. The Morgan fingerprint density at radius 3 is 2.35 bits per heavy atom. The molecule has 0 aromatic heterocycles. The zero-order chi connectivity index (χ0) is 13.3. The lowest BCUT2D eigenvalue weighted by Gasteiger charge is -2.12. The Balaban J connectivity index is 3.70. The van der Waals surface area contributed by atoms with Gasteiger partial charge in [0.15, 0.2) is 0 Å². The van der Waals surface area contributed by atoms with Crippen molar-refractivity contribution < 1.29 is 9.59 Å². The van der Waals surface area contributed by atoms with E-state index in [9.17, 15) is 9.59 Å². The molecule has 0 aromatic carbocycles. The molecule has 2 unspecified atom stereocenters. The normalized spacial score (nSPS) is 13.9. The van der Waals surface area contributed by atoms with Crippen LogP contribution in [0.3, 0.4) is 0 Å². The summed E-state index contributed by atoms with van der Waals surface area (Å²) in [6, 6.07) is 0.181. The minimum atomic E-state index is -0.149. The molecule has 0 aromatic rings. The van der Waals surface area contributed by atoms with E-state index in [1.54, 1.807) is 0 Å². The number of carbonyl (C=O) groups is 2. The van der Waals surface area contributed by atoms with E-state index in [4.69, 9.17) is 5.73 Å². The standard InChI is InChI=1S/C12H25N3O2/c1-4-14-11(16)8-15-12(17)9(2)6-5-7-10(3)13/h9-10H,4-8,13H2,1-3H3,(H,14,16)(H,15,17). The highest BCUT2D eigenvalue weighted by atomic mass is 16.2. The average Bonchev–Trinajstić information content (AvgIpc) is 2.25. The van der Waals surface area contributed by atoms with E-state index >= 15 is 0 Å². The Labute approximate surface area is 104 Å². The Morgan fingerprint density at radius 1 is 1.18 bits per heavy atom. The SMILES string of the molecule is CCNC(=O)CNC(=O)C(C)CCCC(C)N. The third-order valence-electron chi connectivity index (χ3n) is 2.54. The first-order chi connectivity index (χ1) is 7.97. The highest BCUT2D eigenvalue weighted by Gasteiger charge is 2.13. The van der Waals surface area contributed by atoms with E-state index in [1.165, 1.54) is 0 Å². The van der Waals surface area contributed by atoms with Crippen LogP contribution >= 0.6 is 0 Å². The van der Waals surface area contributed by atoms with Gasteiger partial charge in [-0.15, -0.1) is 0 Å². The fourth-order valence-corrected chi connectivity index (χ4v) is 1.48. The van der Waals surface area contributed by atoms with Crippen LogP contribution in [0.15, 0.2) is 0 Å². The molecule has 0 spiro atoms. The molecule has 5 heteroatoms. The van der Waals surface area contributed by atoms with E-state index in [-0.39, 0.29) is 30.3 Å². The van der Waals surface area contributed by atoms with Crippen molar-refractivity contribution in [2.24, 2.45) is 11.7 Å². The maximum atomic E-state index is 11.6. The van der Waals surface area contributed by atoms with Gasteiger partial charge in [-0.1, -0.05) is 13.3 Å². The summed E-state index contributed by atoms with van der Waals surface area (Å²) in [5.41, 5.74) is 5.63. The van der Waals surface area contributed by atoms with E-state index < -0.39 is 0 Å². The molecule has 100 valence electrons. The molecule has 0 heterocycles. The van der Waals surface area contributed by atoms with Crippen molar-refractivity contribution in [3.05, 3.63) is 0 Å². The molecule has 0 saturated heterocycles. The molecule has 2 amide bonds. The largest absolute Gasteiger partial charge is 0.355 e. The Kier molecular flexibility index (Phi) is 8.40.